The fourth-order valence-corrected chi connectivity index (χ4v) is 0.932. The second-order valence-corrected chi connectivity index (χ2v) is 2.45. The average Bonchev–Trinajstić information content (AvgIpc) is 2.09. The fourth-order valence-electron chi connectivity index (χ4n) is 0.932. The highest BCUT2D eigenvalue weighted by Crippen LogP contribution is 2.14. The van der Waals surface area contributed by atoms with Gasteiger partial charge in [-0.15, -0.1) is 0 Å². The molecule has 1 rings (SSSR count). The number of nitrogens with one attached hydrogen (secondary N) is 1. The van der Waals surface area contributed by atoms with Gasteiger partial charge in [-0.05, 0) is 19.7 Å². The maximum absolute atomic E-state index is 11.1. The Labute approximate surface area is 70.5 Å². The first-order valence-electron chi connectivity index (χ1n) is 3.52. The van der Waals surface area contributed by atoms with Crippen LogP contribution in [-0.2, 0) is 0 Å². The van der Waals surface area contributed by atoms with Gasteiger partial charge < -0.3 is 4.98 Å². The third-order valence-electron chi connectivity index (χ3n) is 1.61. The summed E-state index contributed by atoms with van der Waals surface area (Å²) < 4.78 is 0. The van der Waals surface area contributed by atoms with Gasteiger partial charge in [0, 0.05) is 11.1 Å². The zero-order valence-electron chi connectivity index (χ0n) is 6.92. The molecule has 12 heavy (non-hydrogen) atoms. The van der Waals surface area contributed by atoms with Gasteiger partial charge in [-0.1, -0.05) is 12.7 Å². The molecule has 0 radical (unpaired) electrons. The number of hydrogen-bond acceptors (Lipinski definition) is 2. The average molecular weight is 162 g/mol. The first kappa shape index (κ1) is 8.46. The van der Waals surface area contributed by atoms with E-state index in [-0.39, 0.29) is 5.56 Å². The minimum atomic E-state index is -0.136. The van der Waals surface area contributed by atoms with E-state index in [4.69, 9.17) is 0 Å². The summed E-state index contributed by atoms with van der Waals surface area (Å²) in [6, 6.07) is 1.73. The van der Waals surface area contributed by atoms with Gasteiger partial charge in [-0.25, -0.2) is 4.99 Å². The maximum Gasteiger partial charge on any atom is 0.252 e. The van der Waals surface area contributed by atoms with Crippen molar-refractivity contribution in [3.63, 3.8) is 0 Å². The number of aromatic nitrogens is 1. The lowest BCUT2D eigenvalue weighted by Crippen LogP contribution is -2.08. The first-order valence-corrected chi connectivity index (χ1v) is 3.52. The van der Waals surface area contributed by atoms with Crippen LogP contribution in [0.4, 0.5) is 5.82 Å². The van der Waals surface area contributed by atoms with Crippen molar-refractivity contribution >= 4 is 18.6 Å². The van der Waals surface area contributed by atoms with Gasteiger partial charge in [0.2, 0.25) is 0 Å². The Balaban J connectivity index is 3.48. The highest BCUT2D eigenvalue weighted by Gasteiger charge is 2.00. The molecule has 0 aliphatic carbocycles. The second kappa shape index (κ2) is 3.17. The standard InChI is InChI=1S/C9H10N2O/c1-4-7-5-6(2)9(12)11-8(7)10-3/h4-5H,1,3H2,2H3,(H,11,12). The van der Waals surface area contributed by atoms with Crippen molar-refractivity contribution in [3.05, 3.63) is 34.1 Å². The summed E-state index contributed by atoms with van der Waals surface area (Å²) in [5.41, 5.74) is 1.31. The minimum Gasteiger partial charge on any atom is -0.306 e. The molecule has 3 heteroatoms. The molecule has 0 saturated heterocycles. The van der Waals surface area contributed by atoms with Gasteiger partial charge in [-0.2, -0.15) is 0 Å². The number of H-pyrrole nitrogens is 1. The van der Waals surface area contributed by atoms with Gasteiger partial charge in [0.15, 0.2) is 0 Å². The van der Waals surface area contributed by atoms with Crippen LogP contribution in [0.15, 0.2) is 22.4 Å². The van der Waals surface area contributed by atoms with Crippen LogP contribution in [0, 0.1) is 6.92 Å². The molecule has 1 N–H and O–H groups in total. The molecule has 0 bridgehead atoms. The van der Waals surface area contributed by atoms with Crippen LogP contribution in [-0.4, -0.2) is 11.7 Å². The number of aliphatic imine (C=N–C) groups is 1. The molecule has 1 aromatic heterocycles. The molecule has 0 saturated carbocycles. The van der Waals surface area contributed by atoms with E-state index in [1.807, 2.05) is 0 Å². The van der Waals surface area contributed by atoms with E-state index in [1.54, 1.807) is 19.1 Å². The third kappa shape index (κ3) is 1.34. The number of hydrogen-bond donors (Lipinski definition) is 1. The molecule has 1 aromatic rings. The summed E-state index contributed by atoms with van der Waals surface area (Å²) in [5, 5.41) is 0. The van der Waals surface area contributed by atoms with Crippen LogP contribution in [0.25, 0.3) is 6.08 Å². The first-order chi connectivity index (χ1) is 5.69. The lowest BCUT2D eigenvalue weighted by molar-refractivity contribution is 1.16. The number of rotatable bonds is 2. The van der Waals surface area contributed by atoms with Crippen LogP contribution in [0.1, 0.15) is 11.1 Å². The zero-order chi connectivity index (χ0) is 9.14. The summed E-state index contributed by atoms with van der Waals surface area (Å²) >= 11 is 0. The van der Waals surface area contributed by atoms with E-state index in [0.717, 1.165) is 5.56 Å². The Kier molecular flexibility index (Phi) is 2.24. The SMILES string of the molecule is C=Cc1cc(C)c(=O)[nH]c1N=C. The number of nitrogens with zero attached hydrogens (tertiary/aromatic N) is 1. The quantitative estimate of drug-likeness (QED) is 0.660. The zero-order valence-corrected chi connectivity index (χ0v) is 6.92. The smallest absolute Gasteiger partial charge is 0.252 e. The molecular formula is C9H10N2O. The molecule has 0 aliphatic rings. The Hall–Kier alpha value is -1.64. The maximum atomic E-state index is 11.1. The lowest BCUT2D eigenvalue weighted by Gasteiger charge is -1.99. The summed E-state index contributed by atoms with van der Waals surface area (Å²) in [5.74, 6) is 0.473. The number of aromatic amines is 1. The molecule has 62 valence electrons. The summed E-state index contributed by atoms with van der Waals surface area (Å²) in [6.07, 6.45) is 1.63. The van der Waals surface area contributed by atoms with Crippen molar-refractivity contribution in [2.24, 2.45) is 4.99 Å². The number of pyridine rings is 1. The molecule has 0 atom stereocenters. The highest BCUT2D eigenvalue weighted by molar-refractivity contribution is 5.61. The predicted molar refractivity (Wildman–Crippen MR) is 51.1 cm³/mol. The van der Waals surface area contributed by atoms with Gasteiger partial charge in [0.25, 0.3) is 5.56 Å². The molecule has 3 nitrogen and oxygen atoms in total. The summed E-state index contributed by atoms with van der Waals surface area (Å²) in [4.78, 5) is 17.3. The van der Waals surface area contributed by atoms with Crippen LogP contribution < -0.4 is 5.56 Å². The molecule has 0 amide bonds. The van der Waals surface area contributed by atoms with E-state index in [0.29, 0.717) is 11.4 Å². The Morgan fingerprint density at radius 1 is 1.67 bits per heavy atom. The van der Waals surface area contributed by atoms with E-state index < -0.39 is 0 Å². The molecule has 1 heterocycles. The van der Waals surface area contributed by atoms with E-state index in [9.17, 15) is 4.79 Å². The van der Waals surface area contributed by atoms with Gasteiger partial charge in [0.1, 0.15) is 5.82 Å². The topological polar surface area (TPSA) is 45.2 Å². The van der Waals surface area contributed by atoms with Crippen molar-refractivity contribution in [2.75, 3.05) is 0 Å². The second-order valence-electron chi connectivity index (χ2n) is 2.45. The van der Waals surface area contributed by atoms with Gasteiger partial charge in [0.05, 0.1) is 0 Å². The van der Waals surface area contributed by atoms with Crippen molar-refractivity contribution < 1.29 is 0 Å². The molecule has 0 fully saturated rings. The van der Waals surface area contributed by atoms with Crippen LogP contribution >= 0.6 is 0 Å². The Morgan fingerprint density at radius 2 is 2.33 bits per heavy atom. The van der Waals surface area contributed by atoms with Crippen molar-refractivity contribution in [1.82, 2.24) is 4.98 Å². The number of aryl methyl sites for hydroxylation is 1. The monoisotopic (exact) mass is 162 g/mol. The van der Waals surface area contributed by atoms with Crippen LogP contribution in [0.2, 0.25) is 0 Å². The highest BCUT2D eigenvalue weighted by atomic mass is 16.1. The molecule has 0 aromatic carbocycles. The summed E-state index contributed by atoms with van der Waals surface area (Å²) in [7, 11) is 0. The molecular weight excluding hydrogens is 152 g/mol. The molecule has 0 unspecified atom stereocenters. The largest absolute Gasteiger partial charge is 0.306 e. The Bertz CT molecular complexity index is 377. The Morgan fingerprint density at radius 3 is 2.83 bits per heavy atom. The summed E-state index contributed by atoms with van der Waals surface area (Å²) in [6.45, 7) is 8.68. The lowest BCUT2D eigenvalue weighted by atomic mass is 10.2. The van der Waals surface area contributed by atoms with E-state index >= 15 is 0 Å². The minimum absolute atomic E-state index is 0.136. The predicted octanol–water partition coefficient (Wildman–Crippen LogP) is 1.66. The van der Waals surface area contributed by atoms with Crippen LogP contribution in [0.3, 0.4) is 0 Å². The fraction of sp³-hybridized carbons (Fsp3) is 0.111. The molecule has 0 spiro atoms. The third-order valence-corrected chi connectivity index (χ3v) is 1.61. The van der Waals surface area contributed by atoms with E-state index in [1.165, 1.54) is 0 Å². The molecule has 0 aliphatic heterocycles. The van der Waals surface area contributed by atoms with Gasteiger partial charge in [-0.3, -0.25) is 4.79 Å². The van der Waals surface area contributed by atoms with Crippen molar-refractivity contribution in [1.29, 1.82) is 0 Å². The normalized spacial score (nSPS) is 9.42. The van der Waals surface area contributed by atoms with Crippen molar-refractivity contribution in [3.8, 4) is 0 Å². The van der Waals surface area contributed by atoms with Gasteiger partial charge >= 0.3 is 0 Å². The van der Waals surface area contributed by atoms with Crippen molar-refractivity contribution in [2.45, 2.75) is 6.92 Å². The van der Waals surface area contributed by atoms with Crippen LogP contribution in [0.5, 0.6) is 0 Å². The van der Waals surface area contributed by atoms with E-state index in [2.05, 4.69) is 23.3 Å².